The number of hydrogen-bond acceptors (Lipinski definition) is 6. The van der Waals surface area contributed by atoms with E-state index in [1.165, 1.54) is 84.3 Å². The summed E-state index contributed by atoms with van der Waals surface area (Å²) < 4.78 is 0. The maximum Gasteiger partial charge on any atom is 0.0506 e. The third kappa shape index (κ3) is 10.3. The molecule has 0 unspecified atom stereocenters. The van der Waals surface area contributed by atoms with E-state index in [1.54, 1.807) is 0 Å². The number of pyridine rings is 2. The second-order valence-electron chi connectivity index (χ2n) is 7.57. The van der Waals surface area contributed by atoms with Crippen LogP contribution in [0.25, 0.3) is 0 Å². The molecule has 0 spiro atoms. The zero-order valence-corrected chi connectivity index (χ0v) is 21.2. The van der Waals surface area contributed by atoms with Gasteiger partial charge in [0.25, 0.3) is 0 Å². The van der Waals surface area contributed by atoms with Crippen LogP contribution >= 0.6 is 47.0 Å². The van der Waals surface area contributed by atoms with E-state index in [0.717, 1.165) is 23.0 Å². The second kappa shape index (κ2) is 15.5. The Balaban J connectivity index is 1.45. The summed E-state index contributed by atoms with van der Waals surface area (Å²) in [6.45, 7) is 0. The van der Waals surface area contributed by atoms with Gasteiger partial charge in [0.2, 0.25) is 0 Å². The summed E-state index contributed by atoms with van der Waals surface area (Å²) in [7, 11) is 0. The van der Waals surface area contributed by atoms with Gasteiger partial charge in [-0.05, 0) is 73.0 Å². The molecule has 0 saturated heterocycles. The average Bonchev–Trinajstić information content (AvgIpc) is 2.77. The lowest BCUT2D eigenvalue weighted by molar-refractivity contribution is 0.784. The second-order valence-corrected chi connectivity index (χ2v) is 12.0. The van der Waals surface area contributed by atoms with E-state index >= 15 is 0 Å². The van der Waals surface area contributed by atoms with Crippen LogP contribution in [0.5, 0.6) is 0 Å². The van der Waals surface area contributed by atoms with Gasteiger partial charge in [0.05, 0.1) is 22.8 Å². The van der Waals surface area contributed by atoms with E-state index in [-0.39, 0.29) is 0 Å². The minimum Gasteiger partial charge on any atom is -0.256 e. The Labute approximate surface area is 200 Å². The Bertz CT molecular complexity index is 614. The molecule has 1 aliphatic heterocycles. The van der Waals surface area contributed by atoms with Crippen molar-refractivity contribution in [2.75, 3.05) is 23.0 Å². The lowest BCUT2D eigenvalue weighted by Gasteiger charge is -2.07. The number of fused-ring (bicyclic) bond motifs is 4. The van der Waals surface area contributed by atoms with Gasteiger partial charge in [-0.1, -0.05) is 25.0 Å². The zero-order valence-electron chi connectivity index (χ0n) is 17.9. The maximum absolute atomic E-state index is 4.86. The largest absolute Gasteiger partial charge is 0.256 e. The predicted molar refractivity (Wildman–Crippen MR) is 141 cm³/mol. The summed E-state index contributed by atoms with van der Waals surface area (Å²) in [5.41, 5.74) is 4.98. The van der Waals surface area contributed by atoms with E-state index in [4.69, 9.17) is 9.97 Å². The number of rotatable bonds is 0. The molecule has 1 aliphatic rings. The molecule has 2 aromatic heterocycles. The first-order valence-electron chi connectivity index (χ1n) is 11.1. The topological polar surface area (TPSA) is 25.8 Å². The summed E-state index contributed by atoms with van der Waals surface area (Å²) >= 11 is 8.13. The minimum absolute atomic E-state index is 1.05. The molecule has 2 nitrogen and oxygen atoms in total. The molecule has 164 valence electrons. The van der Waals surface area contributed by atoms with Gasteiger partial charge < -0.3 is 0 Å². The van der Waals surface area contributed by atoms with Gasteiger partial charge in [0, 0.05) is 23.0 Å². The van der Waals surface area contributed by atoms with E-state index in [9.17, 15) is 0 Å². The Morgan fingerprint density at radius 3 is 1.03 bits per heavy atom. The fourth-order valence-electron chi connectivity index (χ4n) is 3.26. The number of thioether (sulfide) groups is 4. The number of aromatic nitrogens is 2. The molecule has 2 aromatic rings. The van der Waals surface area contributed by atoms with Crippen molar-refractivity contribution < 1.29 is 0 Å². The highest BCUT2D eigenvalue weighted by atomic mass is 32.2. The van der Waals surface area contributed by atoms with Crippen molar-refractivity contribution in [2.24, 2.45) is 0 Å². The SMILES string of the molecule is c1cc2nc(c1)CSCCCCCSCc1cccc(n1)CSCCCCCSC2. The van der Waals surface area contributed by atoms with Gasteiger partial charge in [0.1, 0.15) is 0 Å². The molecule has 30 heavy (non-hydrogen) atoms. The Hall–Kier alpha value is -0.300. The van der Waals surface area contributed by atoms with Crippen molar-refractivity contribution in [2.45, 2.75) is 61.5 Å². The summed E-state index contributed by atoms with van der Waals surface area (Å²) in [6, 6.07) is 13.1. The third-order valence-electron chi connectivity index (χ3n) is 4.88. The Morgan fingerprint density at radius 1 is 0.433 bits per heavy atom. The van der Waals surface area contributed by atoms with Crippen LogP contribution in [0.3, 0.4) is 0 Å². The quantitative estimate of drug-likeness (QED) is 0.390. The van der Waals surface area contributed by atoms with Crippen LogP contribution in [0.1, 0.15) is 61.3 Å². The highest BCUT2D eigenvalue weighted by Crippen LogP contribution is 2.20. The lowest BCUT2D eigenvalue weighted by Crippen LogP contribution is -1.95. The van der Waals surface area contributed by atoms with E-state index in [1.807, 2.05) is 47.0 Å². The van der Waals surface area contributed by atoms with Crippen molar-refractivity contribution in [1.29, 1.82) is 0 Å². The standard InChI is InChI=1S/C24H34N2S4/c1-3-13-27-17-21-9-7-11-23(25-21)19-29-15-5-2-6-16-30-20-24-12-8-10-22(26-24)18-28-14-4-1/h7-12H,1-6,13-20H2. The monoisotopic (exact) mass is 478 g/mol. The van der Waals surface area contributed by atoms with Crippen LogP contribution in [0.2, 0.25) is 0 Å². The highest BCUT2D eigenvalue weighted by molar-refractivity contribution is 7.99. The predicted octanol–water partition coefficient (Wildman–Crippen LogP) is 7.46. The first-order valence-corrected chi connectivity index (χ1v) is 15.7. The van der Waals surface area contributed by atoms with Gasteiger partial charge in [-0.2, -0.15) is 47.0 Å². The first kappa shape index (κ1) is 24.3. The Kier molecular flexibility index (Phi) is 12.6. The Morgan fingerprint density at radius 2 is 0.733 bits per heavy atom. The van der Waals surface area contributed by atoms with Gasteiger partial charge >= 0.3 is 0 Å². The van der Waals surface area contributed by atoms with Crippen LogP contribution in [-0.4, -0.2) is 33.0 Å². The zero-order chi connectivity index (χ0) is 20.7. The molecule has 0 amide bonds. The molecule has 0 atom stereocenters. The van der Waals surface area contributed by atoms with Crippen LogP contribution < -0.4 is 0 Å². The average molecular weight is 479 g/mol. The molecule has 6 heteroatoms. The molecular weight excluding hydrogens is 445 g/mol. The van der Waals surface area contributed by atoms with Gasteiger partial charge in [-0.15, -0.1) is 0 Å². The van der Waals surface area contributed by atoms with Crippen molar-refractivity contribution >= 4 is 47.0 Å². The number of hydrogen-bond donors (Lipinski definition) is 0. The van der Waals surface area contributed by atoms with E-state index < -0.39 is 0 Å². The van der Waals surface area contributed by atoms with Crippen molar-refractivity contribution in [1.82, 2.24) is 9.97 Å². The molecule has 0 aliphatic carbocycles. The van der Waals surface area contributed by atoms with E-state index in [2.05, 4.69) is 36.4 Å². The molecular formula is C24H34N2S4. The van der Waals surface area contributed by atoms with Crippen molar-refractivity contribution in [3.63, 3.8) is 0 Å². The number of nitrogens with zero attached hydrogens (tertiary/aromatic N) is 2. The molecule has 0 saturated carbocycles. The molecule has 4 bridgehead atoms. The van der Waals surface area contributed by atoms with Crippen LogP contribution in [-0.2, 0) is 23.0 Å². The van der Waals surface area contributed by atoms with Crippen LogP contribution in [0, 0.1) is 0 Å². The fraction of sp³-hybridized carbons (Fsp3) is 0.583. The van der Waals surface area contributed by atoms with Crippen molar-refractivity contribution in [3.05, 3.63) is 59.2 Å². The maximum atomic E-state index is 4.86. The lowest BCUT2D eigenvalue weighted by atomic mass is 10.3. The highest BCUT2D eigenvalue weighted by Gasteiger charge is 2.02. The van der Waals surface area contributed by atoms with E-state index in [0.29, 0.717) is 0 Å². The molecule has 0 radical (unpaired) electrons. The molecule has 0 N–H and O–H groups in total. The normalized spacial score (nSPS) is 18.9. The molecule has 0 fully saturated rings. The fourth-order valence-corrected chi connectivity index (χ4v) is 6.95. The summed E-state index contributed by atoms with van der Waals surface area (Å²) in [5, 5.41) is 0. The van der Waals surface area contributed by atoms with Crippen LogP contribution in [0.4, 0.5) is 0 Å². The first-order chi connectivity index (χ1) is 14.9. The van der Waals surface area contributed by atoms with Crippen molar-refractivity contribution in [3.8, 4) is 0 Å². The summed E-state index contributed by atoms with van der Waals surface area (Å²) in [4.78, 5) is 9.73. The van der Waals surface area contributed by atoms with Gasteiger partial charge in [-0.25, -0.2) is 0 Å². The van der Waals surface area contributed by atoms with Gasteiger partial charge in [-0.3, -0.25) is 9.97 Å². The third-order valence-corrected chi connectivity index (χ3v) is 9.19. The smallest absolute Gasteiger partial charge is 0.0506 e. The molecule has 0 aromatic carbocycles. The summed E-state index contributed by atoms with van der Waals surface area (Å²) in [6.07, 6.45) is 7.90. The minimum atomic E-state index is 1.05. The molecule has 3 rings (SSSR count). The summed E-state index contributed by atoms with van der Waals surface area (Å²) in [5.74, 6) is 9.16. The molecule has 3 heterocycles. The van der Waals surface area contributed by atoms with Gasteiger partial charge in [0.15, 0.2) is 0 Å². The van der Waals surface area contributed by atoms with Crippen LogP contribution in [0.15, 0.2) is 36.4 Å².